The standard InChI is InChI=1S/C17H19ClN2O2/c1-20(2)19-11-14-6-9-16(21-3)17(10-14)22-12-13-4-7-15(18)8-5-13/h4-11H,12H2,1-3H3/b19-11+. The third-order valence-electron chi connectivity index (χ3n) is 2.93. The summed E-state index contributed by atoms with van der Waals surface area (Å²) in [5.74, 6) is 1.37. The fraction of sp³-hybridized carbons (Fsp3) is 0.235. The summed E-state index contributed by atoms with van der Waals surface area (Å²) in [6.07, 6.45) is 1.77. The molecule has 4 nitrogen and oxygen atoms in total. The molecule has 0 heterocycles. The van der Waals surface area contributed by atoms with Gasteiger partial charge >= 0.3 is 0 Å². The van der Waals surface area contributed by atoms with Crippen LogP contribution >= 0.6 is 11.6 Å². The zero-order chi connectivity index (χ0) is 15.9. The van der Waals surface area contributed by atoms with Gasteiger partial charge in [0.05, 0.1) is 13.3 Å². The average molecular weight is 319 g/mol. The van der Waals surface area contributed by atoms with Gasteiger partial charge in [0.2, 0.25) is 0 Å². The van der Waals surface area contributed by atoms with Crippen molar-refractivity contribution in [2.24, 2.45) is 5.10 Å². The van der Waals surface area contributed by atoms with Crippen LogP contribution < -0.4 is 9.47 Å². The van der Waals surface area contributed by atoms with Gasteiger partial charge in [0, 0.05) is 19.1 Å². The van der Waals surface area contributed by atoms with Crippen molar-refractivity contribution in [1.82, 2.24) is 5.01 Å². The molecule has 2 aromatic carbocycles. The maximum atomic E-state index is 5.88. The Hall–Kier alpha value is -2.20. The maximum Gasteiger partial charge on any atom is 0.162 e. The number of hydrazone groups is 1. The van der Waals surface area contributed by atoms with E-state index in [-0.39, 0.29) is 0 Å². The molecule has 0 saturated carbocycles. The van der Waals surface area contributed by atoms with Gasteiger partial charge in [-0.1, -0.05) is 23.7 Å². The molecular formula is C17H19ClN2O2. The molecule has 2 aromatic rings. The topological polar surface area (TPSA) is 34.1 Å². The lowest BCUT2D eigenvalue weighted by atomic mass is 10.2. The van der Waals surface area contributed by atoms with Gasteiger partial charge in [-0.05, 0) is 41.5 Å². The van der Waals surface area contributed by atoms with E-state index in [1.165, 1.54) is 0 Å². The van der Waals surface area contributed by atoms with Crippen LogP contribution in [0.2, 0.25) is 5.02 Å². The molecule has 0 amide bonds. The van der Waals surface area contributed by atoms with Crippen LogP contribution in [0.4, 0.5) is 0 Å². The molecular weight excluding hydrogens is 300 g/mol. The monoisotopic (exact) mass is 318 g/mol. The van der Waals surface area contributed by atoms with Crippen molar-refractivity contribution in [3.63, 3.8) is 0 Å². The van der Waals surface area contributed by atoms with E-state index >= 15 is 0 Å². The maximum absolute atomic E-state index is 5.88. The van der Waals surface area contributed by atoms with E-state index in [0.29, 0.717) is 23.1 Å². The van der Waals surface area contributed by atoms with Crippen molar-refractivity contribution in [3.8, 4) is 11.5 Å². The zero-order valence-electron chi connectivity index (χ0n) is 12.9. The van der Waals surface area contributed by atoms with Crippen LogP contribution in [-0.4, -0.2) is 32.4 Å². The molecule has 116 valence electrons. The number of halogens is 1. The Morgan fingerprint density at radius 3 is 2.45 bits per heavy atom. The second-order valence-electron chi connectivity index (χ2n) is 4.92. The molecule has 0 fully saturated rings. The smallest absolute Gasteiger partial charge is 0.162 e. The van der Waals surface area contributed by atoms with Crippen LogP contribution in [0.3, 0.4) is 0 Å². The SMILES string of the molecule is COc1ccc(/C=N/N(C)C)cc1OCc1ccc(Cl)cc1. The quantitative estimate of drug-likeness (QED) is 0.600. The normalized spacial score (nSPS) is 10.7. The zero-order valence-corrected chi connectivity index (χ0v) is 13.7. The van der Waals surface area contributed by atoms with Gasteiger partial charge < -0.3 is 14.5 Å². The third kappa shape index (κ3) is 4.67. The van der Waals surface area contributed by atoms with Crippen LogP contribution in [0.15, 0.2) is 47.6 Å². The van der Waals surface area contributed by atoms with Crippen LogP contribution in [0.25, 0.3) is 0 Å². The lowest BCUT2D eigenvalue weighted by Crippen LogP contribution is -2.02. The summed E-state index contributed by atoms with van der Waals surface area (Å²) in [7, 11) is 5.37. The molecule has 5 heteroatoms. The Bertz CT molecular complexity index is 640. The summed E-state index contributed by atoms with van der Waals surface area (Å²) in [4.78, 5) is 0. The fourth-order valence-electron chi connectivity index (χ4n) is 1.81. The minimum Gasteiger partial charge on any atom is -0.493 e. The first kappa shape index (κ1) is 16.2. The van der Waals surface area contributed by atoms with Crippen LogP contribution in [0.5, 0.6) is 11.5 Å². The first-order valence-corrected chi connectivity index (χ1v) is 7.23. The molecule has 0 aliphatic rings. The summed E-state index contributed by atoms with van der Waals surface area (Å²) < 4.78 is 11.2. The summed E-state index contributed by atoms with van der Waals surface area (Å²) in [5, 5.41) is 6.66. The molecule has 2 rings (SSSR count). The Kier molecular flexibility index (Phi) is 5.67. The van der Waals surface area contributed by atoms with E-state index in [2.05, 4.69) is 5.10 Å². The van der Waals surface area contributed by atoms with Gasteiger partial charge in [-0.15, -0.1) is 0 Å². The van der Waals surface area contributed by atoms with E-state index in [9.17, 15) is 0 Å². The number of methoxy groups -OCH3 is 1. The van der Waals surface area contributed by atoms with Crippen molar-refractivity contribution in [3.05, 3.63) is 58.6 Å². The number of benzene rings is 2. The predicted molar refractivity (Wildman–Crippen MR) is 90.1 cm³/mol. The number of ether oxygens (including phenoxy) is 2. The molecule has 0 unspecified atom stereocenters. The number of hydrogen-bond acceptors (Lipinski definition) is 4. The fourth-order valence-corrected chi connectivity index (χ4v) is 1.94. The summed E-state index contributed by atoms with van der Waals surface area (Å²) >= 11 is 5.88. The molecule has 0 N–H and O–H groups in total. The molecule has 0 bridgehead atoms. The number of hydrogen-bond donors (Lipinski definition) is 0. The summed E-state index contributed by atoms with van der Waals surface area (Å²) in [6.45, 7) is 0.446. The highest BCUT2D eigenvalue weighted by molar-refractivity contribution is 6.30. The molecule has 0 aliphatic heterocycles. The van der Waals surface area contributed by atoms with E-state index < -0.39 is 0 Å². The molecule has 0 atom stereocenters. The molecule has 0 aliphatic carbocycles. The summed E-state index contributed by atoms with van der Waals surface area (Å²) in [6, 6.07) is 13.3. The molecule has 0 radical (unpaired) electrons. The van der Waals surface area contributed by atoms with Crippen LogP contribution in [0, 0.1) is 0 Å². The minimum absolute atomic E-state index is 0.446. The average Bonchev–Trinajstić information content (AvgIpc) is 2.52. The highest BCUT2D eigenvalue weighted by atomic mass is 35.5. The Morgan fingerprint density at radius 2 is 1.82 bits per heavy atom. The van der Waals surface area contributed by atoms with E-state index in [1.807, 2.05) is 56.6 Å². The van der Waals surface area contributed by atoms with Crippen LogP contribution in [-0.2, 0) is 6.61 Å². The second kappa shape index (κ2) is 7.71. The first-order valence-electron chi connectivity index (χ1n) is 6.85. The Balaban J connectivity index is 2.13. The highest BCUT2D eigenvalue weighted by Crippen LogP contribution is 2.28. The Morgan fingerprint density at radius 1 is 1.09 bits per heavy atom. The van der Waals surface area contributed by atoms with Crippen molar-refractivity contribution < 1.29 is 9.47 Å². The molecule has 0 aromatic heterocycles. The van der Waals surface area contributed by atoms with Gasteiger partial charge in [-0.2, -0.15) is 5.10 Å². The van der Waals surface area contributed by atoms with E-state index in [0.717, 1.165) is 11.1 Å². The highest BCUT2D eigenvalue weighted by Gasteiger charge is 2.06. The van der Waals surface area contributed by atoms with Gasteiger partial charge in [-0.3, -0.25) is 0 Å². The van der Waals surface area contributed by atoms with E-state index in [4.69, 9.17) is 21.1 Å². The second-order valence-corrected chi connectivity index (χ2v) is 5.35. The lowest BCUT2D eigenvalue weighted by Gasteiger charge is -2.12. The largest absolute Gasteiger partial charge is 0.493 e. The van der Waals surface area contributed by atoms with Gasteiger partial charge in [0.1, 0.15) is 6.61 Å². The number of nitrogens with zero attached hydrogens (tertiary/aromatic N) is 2. The van der Waals surface area contributed by atoms with Crippen molar-refractivity contribution in [2.75, 3.05) is 21.2 Å². The molecule has 0 spiro atoms. The van der Waals surface area contributed by atoms with Crippen molar-refractivity contribution in [1.29, 1.82) is 0 Å². The van der Waals surface area contributed by atoms with Gasteiger partial charge in [0.25, 0.3) is 0 Å². The van der Waals surface area contributed by atoms with Gasteiger partial charge in [0.15, 0.2) is 11.5 Å². The molecule has 0 saturated heterocycles. The lowest BCUT2D eigenvalue weighted by molar-refractivity contribution is 0.284. The Labute approximate surface area is 135 Å². The summed E-state index contributed by atoms with van der Waals surface area (Å²) in [5.41, 5.74) is 1.99. The first-order chi connectivity index (χ1) is 10.6. The van der Waals surface area contributed by atoms with Crippen molar-refractivity contribution >= 4 is 17.8 Å². The van der Waals surface area contributed by atoms with Crippen molar-refractivity contribution in [2.45, 2.75) is 6.61 Å². The van der Waals surface area contributed by atoms with E-state index in [1.54, 1.807) is 18.3 Å². The van der Waals surface area contributed by atoms with Crippen LogP contribution in [0.1, 0.15) is 11.1 Å². The number of rotatable bonds is 6. The predicted octanol–water partition coefficient (Wildman–Crippen LogP) is 3.82. The van der Waals surface area contributed by atoms with Gasteiger partial charge in [-0.25, -0.2) is 0 Å². The molecule has 22 heavy (non-hydrogen) atoms. The third-order valence-corrected chi connectivity index (χ3v) is 3.19. The minimum atomic E-state index is 0.446.